The first-order chi connectivity index (χ1) is 11.7. The highest BCUT2D eigenvalue weighted by molar-refractivity contribution is 5.94. The molecule has 1 aromatic carbocycles. The number of hydrogen-bond donors (Lipinski definition) is 0. The molecule has 0 spiro atoms. The molecule has 0 N–H and O–H groups in total. The Hall–Kier alpha value is -2.36. The van der Waals surface area contributed by atoms with Crippen molar-refractivity contribution >= 4 is 5.91 Å². The van der Waals surface area contributed by atoms with Gasteiger partial charge >= 0.3 is 0 Å². The number of rotatable bonds is 4. The van der Waals surface area contributed by atoms with E-state index in [0.717, 1.165) is 49.4 Å². The predicted molar refractivity (Wildman–Crippen MR) is 94.5 cm³/mol. The average Bonchev–Trinajstić information content (AvgIpc) is 2.67. The van der Waals surface area contributed by atoms with Crippen LogP contribution in [0.5, 0.6) is 5.75 Å². The van der Waals surface area contributed by atoms with E-state index in [9.17, 15) is 4.79 Å². The zero-order chi connectivity index (χ0) is 16.9. The number of ether oxygens (including phenoxy) is 1. The average molecular weight is 324 g/mol. The fourth-order valence-corrected chi connectivity index (χ4v) is 3.41. The van der Waals surface area contributed by atoms with Crippen molar-refractivity contribution in [3.05, 3.63) is 59.4 Å². The van der Waals surface area contributed by atoms with Crippen molar-refractivity contribution < 1.29 is 9.53 Å². The molecule has 1 atom stereocenters. The van der Waals surface area contributed by atoms with Gasteiger partial charge in [0.25, 0.3) is 5.91 Å². The molecule has 0 aliphatic carbocycles. The summed E-state index contributed by atoms with van der Waals surface area (Å²) in [7, 11) is 1.70. The lowest BCUT2D eigenvalue weighted by molar-refractivity contribution is 0.0706. The third-order valence-corrected chi connectivity index (χ3v) is 4.71. The van der Waals surface area contributed by atoms with Gasteiger partial charge in [0, 0.05) is 36.5 Å². The van der Waals surface area contributed by atoms with Gasteiger partial charge in [-0.15, -0.1) is 0 Å². The summed E-state index contributed by atoms with van der Waals surface area (Å²) in [6, 6.07) is 11.8. The van der Waals surface area contributed by atoms with Gasteiger partial charge in [0.2, 0.25) is 0 Å². The predicted octanol–water partition coefficient (Wildman–Crippen LogP) is 3.67. The first-order valence-electron chi connectivity index (χ1n) is 8.60. The maximum atomic E-state index is 12.9. The van der Waals surface area contributed by atoms with Crippen molar-refractivity contribution in [1.82, 2.24) is 9.88 Å². The van der Waals surface area contributed by atoms with Crippen molar-refractivity contribution in [2.45, 2.75) is 32.1 Å². The van der Waals surface area contributed by atoms with Gasteiger partial charge in [-0.25, -0.2) is 0 Å². The van der Waals surface area contributed by atoms with E-state index in [1.165, 1.54) is 5.56 Å². The molecule has 0 radical (unpaired) electrons. The van der Waals surface area contributed by atoms with Gasteiger partial charge in [-0.1, -0.05) is 25.1 Å². The van der Waals surface area contributed by atoms with E-state index in [0.29, 0.717) is 5.92 Å². The lowest BCUT2D eigenvalue weighted by atomic mass is 9.89. The second-order valence-corrected chi connectivity index (χ2v) is 6.22. The SMILES string of the molecule is CCc1cc(C(=O)N2CCCC(c3ccccc3OC)C2)ccn1. The van der Waals surface area contributed by atoms with Gasteiger partial charge in [-0.2, -0.15) is 0 Å². The lowest BCUT2D eigenvalue weighted by Gasteiger charge is -2.33. The maximum Gasteiger partial charge on any atom is 0.253 e. The van der Waals surface area contributed by atoms with Gasteiger partial charge in [-0.05, 0) is 43.0 Å². The summed E-state index contributed by atoms with van der Waals surface area (Å²) in [6.07, 6.45) is 4.67. The van der Waals surface area contributed by atoms with Crippen molar-refractivity contribution in [1.29, 1.82) is 0 Å². The molecule has 1 aliphatic rings. The Bertz CT molecular complexity index is 714. The van der Waals surface area contributed by atoms with Crippen LogP contribution in [0.1, 0.15) is 47.3 Å². The van der Waals surface area contributed by atoms with E-state index in [1.54, 1.807) is 13.3 Å². The molecule has 0 bridgehead atoms. The molecule has 126 valence electrons. The molecule has 4 heteroatoms. The molecular formula is C20H24N2O2. The maximum absolute atomic E-state index is 12.9. The molecule has 1 saturated heterocycles. The minimum absolute atomic E-state index is 0.103. The Morgan fingerprint density at radius 3 is 2.96 bits per heavy atom. The van der Waals surface area contributed by atoms with Crippen LogP contribution in [0.3, 0.4) is 0 Å². The van der Waals surface area contributed by atoms with E-state index in [2.05, 4.69) is 18.0 Å². The number of nitrogens with zero attached hydrogens (tertiary/aromatic N) is 2. The third-order valence-electron chi connectivity index (χ3n) is 4.71. The normalized spacial score (nSPS) is 17.6. The van der Waals surface area contributed by atoms with Crippen LogP contribution in [0.15, 0.2) is 42.6 Å². The zero-order valence-electron chi connectivity index (χ0n) is 14.4. The zero-order valence-corrected chi connectivity index (χ0v) is 14.4. The van der Waals surface area contributed by atoms with Gasteiger partial charge in [0.15, 0.2) is 0 Å². The van der Waals surface area contributed by atoms with Crippen LogP contribution in [0, 0.1) is 0 Å². The Balaban J connectivity index is 1.79. The van der Waals surface area contributed by atoms with Gasteiger partial charge < -0.3 is 9.64 Å². The van der Waals surface area contributed by atoms with Gasteiger partial charge in [-0.3, -0.25) is 9.78 Å². The molecular weight excluding hydrogens is 300 g/mol. The molecule has 4 nitrogen and oxygen atoms in total. The highest BCUT2D eigenvalue weighted by Gasteiger charge is 2.27. The van der Waals surface area contributed by atoms with E-state index >= 15 is 0 Å². The fourth-order valence-electron chi connectivity index (χ4n) is 3.41. The van der Waals surface area contributed by atoms with Crippen LogP contribution in [0.25, 0.3) is 0 Å². The summed E-state index contributed by atoms with van der Waals surface area (Å²) in [4.78, 5) is 19.1. The molecule has 2 heterocycles. The second kappa shape index (κ2) is 7.47. The van der Waals surface area contributed by atoms with Crippen LogP contribution in [0.2, 0.25) is 0 Å². The number of pyridine rings is 1. The summed E-state index contributed by atoms with van der Waals surface area (Å²) in [6.45, 7) is 3.60. The number of piperidine rings is 1. The largest absolute Gasteiger partial charge is 0.496 e. The molecule has 1 aromatic heterocycles. The molecule has 1 fully saturated rings. The van der Waals surface area contributed by atoms with E-state index in [1.807, 2.05) is 35.2 Å². The van der Waals surface area contributed by atoms with Crippen molar-refractivity contribution in [2.24, 2.45) is 0 Å². The number of hydrogen-bond acceptors (Lipinski definition) is 3. The molecule has 2 aromatic rings. The smallest absolute Gasteiger partial charge is 0.253 e. The topological polar surface area (TPSA) is 42.4 Å². The van der Waals surface area contributed by atoms with E-state index in [-0.39, 0.29) is 5.91 Å². The lowest BCUT2D eigenvalue weighted by Crippen LogP contribution is -2.39. The summed E-state index contributed by atoms with van der Waals surface area (Å²) in [5.74, 6) is 1.34. The number of aromatic nitrogens is 1. The Morgan fingerprint density at radius 2 is 2.17 bits per heavy atom. The quantitative estimate of drug-likeness (QED) is 0.862. The summed E-state index contributed by atoms with van der Waals surface area (Å²) in [5.41, 5.74) is 2.89. The van der Waals surface area contributed by atoms with E-state index in [4.69, 9.17) is 4.74 Å². The Morgan fingerprint density at radius 1 is 1.33 bits per heavy atom. The number of benzene rings is 1. The highest BCUT2D eigenvalue weighted by Crippen LogP contribution is 2.33. The Kier molecular flexibility index (Phi) is 5.14. The monoisotopic (exact) mass is 324 g/mol. The summed E-state index contributed by atoms with van der Waals surface area (Å²) >= 11 is 0. The molecule has 1 unspecified atom stereocenters. The fraction of sp³-hybridized carbons (Fsp3) is 0.400. The standard InChI is InChI=1S/C20H24N2O2/c1-3-17-13-15(10-11-21-17)20(23)22-12-6-7-16(14-22)18-8-4-5-9-19(18)24-2/h4-5,8-11,13,16H,3,6-7,12,14H2,1-2H3. The van der Waals surface area contributed by atoms with Crippen LogP contribution in [-0.4, -0.2) is 36.0 Å². The molecule has 24 heavy (non-hydrogen) atoms. The van der Waals surface area contributed by atoms with Crippen molar-refractivity contribution in [3.8, 4) is 5.75 Å². The van der Waals surface area contributed by atoms with Crippen LogP contribution in [0.4, 0.5) is 0 Å². The van der Waals surface area contributed by atoms with Crippen LogP contribution >= 0.6 is 0 Å². The third kappa shape index (κ3) is 3.42. The van der Waals surface area contributed by atoms with Crippen LogP contribution in [-0.2, 0) is 6.42 Å². The number of carbonyl (C=O) groups is 1. The highest BCUT2D eigenvalue weighted by atomic mass is 16.5. The number of amides is 1. The number of para-hydroxylation sites is 1. The number of aryl methyl sites for hydroxylation is 1. The molecule has 3 rings (SSSR count). The first-order valence-corrected chi connectivity index (χ1v) is 8.60. The van der Waals surface area contributed by atoms with E-state index < -0.39 is 0 Å². The summed E-state index contributed by atoms with van der Waals surface area (Å²) < 4.78 is 5.50. The van der Waals surface area contributed by atoms with Gasteiger partial charge in [0.05, 0.1) is 7.11 Å². The number of likely N-dealkylation sites (tertiary alicyclic amines) is 1. The minimum Gasteiger partial charge on any atom is -0.496 e. The minimum atomic E-state index is 0.103. The first kappa shape index (κ1) is 16.5. The summed E-state index contributed by atoms with van der Waals surface area (Å²) in [5, 5.41) is 0. The molecule has 1 amide bonds. The van der Waals surface area contributed by atoms with Crippen molar-refractivity contribution in [2.75, 3.05) is 20.2 Å². The van der Waals surface area contributed by atoms with Crippen molar-refractivity contribution in [3.63, 3.8) is 0 Å². The molecule has 0 saturated carbocycles. The van der Waals surface area contributed by atoms with Gasteiger partial charge in [0.1, 0.15) is 5.75 Å². The number of carbonyl (C=O) groups excluding carboxylic acids is 1. The second-order valence-electron chi connectivity index (χ2n) is 6.22. The van der Waals surface area contributed by atoms with Crippen LogP contribution < -0.4 is 4.74 Å². The molecule has 1 aliphatic heterocycles. The number of methoxy groups -OCH3 is 1. The Labute approximate surface area is 143 Å².